The number of aliphatic hydroxyl groups excluding tert-OH is 1. The number of carbonyl (C=O) groups excluding carboxylic acids is 2. The highest BCUT2D eigenvalue weighted by Gasteiger charge is 2.32. The predicted molar refractivity (Wildman–Crippen MR) is 81.9 cm³/mol. The minimum Gasteiger partial charge on any atom is -0.507 e. The van der Waals surface area contributed by atoms with Crippen LogP contribution in [-0.4, -0.2) is 28.3 Å². The Labute approximate surface area is 126 Å². The van der Waals surface area contributed by atoms with Gasteiger partial charge in [0.15, 0.2) is 0 Å². The van der Waals surface area contributed by atoms with Crippen LogP contribution in [-0.2, 0) is 4.79 Å². The molecule has 1 aliphatic rings. The highest BCUT2D eigenvalue weighted by molar-refractivity contribution is 6.52. The first-order valence-corrected chi connectivity index (χ1v) is 6.72. The number of carbonyl (C=O) groups is 2. The third-order valence-corrected chi connectivity index (χ3v) is 3.55. The zero-order valence-electron chi connectivity index (χ0n) is 11.5. The fraction of sp³-hybridized carbons (Fsp3) is 0.0588. The predicted octanol–water partition coefficient (Wildman–Crippen LogP) is 2.54. The SMILES string of the molecule is O=C1C(=O)c2ccccc2C(O)=C1CNc1ccccc1O. The highest BCUT2D eigenvalue weighted by atomic mass is 16.3. The molecule has 0 aliphatic heterocycles. The second-order valence-corrected chi connectivity index (χ2v) is 4.90. The lowest BCUT2D eigenvalue weighted by Gasteiger charge is -2.18. The van der Waals surface area contributed by atoms with Crippen LogP contribution in [0.5, 0.6) is 5.75 Å². The molecule has 3 rings (SSSR count). The van der Waals surface area contributed by atoms with Crippen LogP contribution in [0, 0.1) is 0 Å². The minimum absolute atomic E-state index is 0.00745. The number of benzene rings is 2. The molecule has 0 bridgehead atoms. The molecule has 0 radical (unpaired) electrons. The average Bonchev–Trinajstić information content (AvgIpc) is 2.54. The normalized spacial score (nSPS) is 14.0. The number of Topliss-reactive ketones (excluding diaryl/α,β-unsaturated/α-hetero) is 2. The molecule has 1 aliphatic carbocycles. The maximum Gasteiger partial charge on any atom is 0.235 e. The summed E-state index contributed by atoms with van der Waals surface area (Å²) in [5.41, 5.74) is 0.964. The Bertz CT molecular complexity index is 808. The monoisotopic (exact) mass is 295 g/mol. The molecule has 0 atom stereocenters. The summed E-state index contributed by atoms with van der Waals surface area (Å²) in [6.07, 6.45) is 0. The van der Waals surface area contributed by atoms with Gasteiger partial charge in [0.25, 0.3) is 0 Å². The van der Waals surface area contributed by atoms with Crippen LogP contribution in [0.2, 0.25) is 0 Å². The van der Waals surface area contributed by atoms with Gasteiger partial charge in [-0.1, -0.05) is 36.4 Å². The smallest absolute Gasteiger partial charge is 0.235 e. The number of aromatic hydroxyl groups is 1. The van der Waals surface area contributed by atoms with Gasteiger partial charge in [-0.25, -0.2) is 0 Å². The van der Waals surface area contributed by atoms with Crippen LogP contribution in [0.15, 0.2) is 54.1 Å². The first-order valence-electron chi connectivity index (χ1n) is 6.72. The molecule has 2 aromatic carbocycles. The molecule has 2 aromatic rings. The van der Waals surface area contributed by atoms with E-state index < -0.39 is 11.6 Å². The average molecular weight is 295 g/mol. The van der Waals surface area contributed by atoms with Gasteiger partial charge in [0, 0.05) is 17.7 Å². The number of ketones is 2. The Balaban J connectivity index is 1.95. The maximum atomic E-state index is 12.1. The number of hydrogen-bond donors (Lipinski definition) is 3. The van der Waals surface area contributed by atoms with Crippen molar-refractivity contribution < 1.29 is 19.8 Å². The largest absolute Gasteiger partial charge is 0.507 e. The first-order chi connectivity index (χ1) is 10.6. The van der Waals surface area contributed by atoms with Gasteiger partial charge in [-0.05, 0) is 12.1 Å². The van der Waals surface area contributed by atoms with Crippen molar-refractivity contribution in [3.05, 3.63) is 65.2 Å². The fourth-order valence-electron chi connectivity index (χ4n) is 2.39. The molecular formula is C17H13NO4. The molecule has 22 heavy (non-hydrogen) atoms. The Kier molecular flexibility index (Phi) is 3.39. The summed E-state index contributed by atoms with van der Waals surface area (Å²) < 4.78 is 0. The summed E-state index contributed by atoms with van der Waals surface area (Å²) in [6.45, 7) is -0.0533. The van der Waals surface area contributed by atoms with Gasteiger partial charge >= 0.3 is 0 Å². The number of phenolic OH excluding ortho intramolecular Hbond substituents is 1. The molecule has 0 aromatic heterocycles. The second-order valence-electron chi connectivity index (χ2n) is 4.90. The summed E-state index contributed by atoms with van der Waals surface area (Å²) in [4.78, 5) is 24.2. The van der Waals surface area contributed by atoms with Crippen LogP contribution in [0.3, 0.4) is 0 Å². The number of fused-ring (bicyclic) bond motifs is 1. The molecule has 5 heteroatoms. The van der Waals surface area contributed by atoms with Crippen molar-refractivity contribution in [2.45, 2.75) is 0 Å². The quantitative estimate of drug-likeness (QED) is 0.598. The number of anilines is 1. The van der Waals surface area contributed by atoms with Gasteiger partial charge in [-0.15, -0.1) is 0 Å². The zero-order chi connectivity index (χ0) is 15.7. The summed E-state index contributed by atoms with van der Waals surface area (Å²) in [6, 6.07) is 13.0. The number of para-hydroxylation sites is 2. The Morgan fingerprint density at radius 3 is 2.18 bits per heavy atom. The second kappa shape index (κ2) is 5.37. The van der Waals surface area contributed by atoms with Crippen LogP contribution >= 0.6 is 0 Å². The number of rotatable bonds is 3. The van der Waals surface area contributed by atoms with E-state index in [1.54, 1.807) is 36.4 Å². The van der Waals surface area contributed by atoms with Crippen molar-refractivity contribution in [1.82, 2.24) is 0 Å². The van der Waals surface area contributed by atoms with E-state index in [9.17, 15) is 19.8 Å². The third kappa shape index (κ3) is 2.22. The first kappa shape index (κ1) is 13.9. The van der Waals surface area contributed by atoms with Crippen molar-refractivity contribution in [1.29, 1.82) is 0 Å². The van der Waals surface area contributed by atoms with Crippen LogP contribution in [0.25, 0.3) is 5.76 Å². The molecule has 5 nitrogen and oxygen atoms in total. The molecule has 0 heterocycles. The van der Waals surface area contributed by atoms with Gasteiger partial charge in [0.1, 0.15) is 11.5 Å². The van der Waals surface area contributed by atoms with E-state index in [1.807, 2.05) is 0 Å². The molecule has 0 fully saturated rings. The minimum atomic E-state index is -0.737. The maximum absolute atomic E-state index is 12.1. The number of phenols is 1. The number of hydrogen-bond acceptors (Lipinski definition) is 5. The van der Waals surface area contributed by atoms with E-state index in [4.69, 9.17) is 0 Å². The van der Waals surface area contributed by atoms with E-state index in [2.05, 4.69) is 5.32 Å². The van der Waals surface area contributed by atoms with Gasteiger partial charge in [0.2, 0.25) is 11.6 Å². The summed E-state index contributed by atoms with van der Waals surface area (Å²) in [5, 5.41) is 22.8. The van der Waals surface area contributed by atoms with Crippen LogP contribution in [0.1, 0.15) is 15.9 Å². The highest BCUT2D eigenvalue weighted by Crippen LogP contribution is 2.28. The van der Waals surface area contributed by atoms with Gasteiger partial charge in [-0.3, -0.25) is 9.59 Å². The van der Waals surface area contributed by atoms with Crippen molar-refractivity contribution in [2.24, 2.45) is 0 Å². The molecule has 0 spiro atoms. The summed E-state index contributed by atoms with van der Waals surface area (Å²) in [7, 11) is 0. The van der Waals surface area contributed by atoms with Gasteiger partial charge < -0.3 is 15.5 Å². The van der Waals surface area contributed by atoms with Crippen molar-refractivity contribution >= 4 is 23.0 Å². The zero-order valence-corrected chi connectivity index (χ0v) is 11.5. The number of nitrogens with one attached hydrogen (secondary N) is 1. The van der Waals surface area contributed by atoms with E-state index in [0.717, 1.165) is 0 Å². The fourth-order valence-corrected chi connectivity index (χ4v) is 2.39. The molecule has 0 saturated heterocycles. The van der Waals surface area contributed by atoms with E-state index in [0.29, 0.717) is 11.3 Å². The van der Waals surface area contributed by atoms with Crippen LogP contribution < -0.4 is 5.32 Å². The lowest BCUT2D eigenvalue weighted by Crippen LogP contribution is -2.27. The lowest BCUT2D eigenvalue weighted by molar-refractivity contribution is -0.111. The van der Waals surface area contributed by atoms with Crippen molar-refractivity contribution in [3.63, 3.8) is 0 Å². The van der Waals surface area contributed by atoms with Crippen molar-refractivity contribution in [3.8, 4) is 5.75 Å². The van der Waals surface area contributed by atoms with E-state index in [1.165, 1.54) is 12.1 Å². The molecular weight excluding hydrogens is 282 g/mol. The van der Waals surface area contributed by atoms with Gasteiger partial charge in [0.05, 0.1) is 11.3 Å². The number of aliphatic hydroxyl groups is 1. The molecule has 110 valence electrons. The molecule has 0 saturated carbocycles. The summed E-state index contributed by atoms with van der Waals surface area (Å²) in [5.74, 6) is -1.55. The van der Waals surface area contributed by atoms with Gasteiger partial charge in [-0.2, -0.15) is 0 Å². The van der Waals surface area contributed by atoms with Crippen molar-refractivity contribution in [2.75, 3.05) is 11.9 Å². The van der Waals surface area contributed by atoms with Crippen LogP contribution in [0.4, 0.5) is 5.69 Å². The third-order valence-electron chi connectivity index (χ3n) is 3.55. The Morgan fingerprint density at radius 1 is 0.818 bits per heavy atom. The van der Waals surface area contributed by atoms with E-state index >= 15 is 0 Å². The van der Waals surface area contributed by atoms with E-state index in [-0.39, 0.29) is 29.2 Å². The Morgan fingerprint density at radius 2 is 1.45 bits per heavy atom. The topological polar surface area (TPSA) is 86.6 Å². The molecule has 0 amide bonds. The standard InChI is InChI=1S/C17H13NO4/c19-14-8-4-3-7-13(14)18-9-12-15(20)10-5-1-2-6-11(10)16(21)17(12)22/h1-8,18-20H,9H2. The lowest BCUT2D eigenvalue weighted by atomic mass is 9.88. The molecule has 0 unspecified atom stereocenters. The summed E-state index contributed by atoms with van der Waals surface area (Å²) >= 11 is 0. The Hall–Kier alpha value is -3.08. The molecule has 3 N–H and O–H groups in total.